The van der Waals surface area contributed by atoms with Gasteiger partial charge in [0.05, 0.1) is 20.1 Å². The number of aromatic amines is 1. The Bertz CT molecular complexity index is 1100. The SMILES string of the molecule is CCOC(=O)c1[nH]c(C)c(CN(Cc2ccc(OC)cc2)C(=O)Cc2ccc(F)cc2)c1C. The van der Waals surface area contributed by atoms with Crippen LogP contribution in [0.15, 0.2) is 48.5 Å². The summed E-state index contributed by atoms with van der Waals surface area (Å²) in [5.41, 5.74) is 4.53. The van der Waals surface area contributed by atoms with Crippen LogP contribution in [0.4, 0.5) is 4.39 Å². The highest BCUT2D eigenvalue weighted by atomic mass is 19.1. The molecular formula is C26H29FN2O4. The van der Waals surface area contributed by atoms with Gasteiger partial charge in [-0.15, -0.1) is 0 Å². The molecule has 1 aromatic heterocycles. The number of H-pyrrole nitrogens is 1. The number of halogens is 1. The van der Waals surface area contributed by atoms with E-state index in [4.69, 9.17) is 9.47 Å². The lowest BCUT2D eigenvalue weighted by atomic mass is 10.1. The Balaban J connectivity index is 1.88. The van der Waals surface area contributed by atoms with Crippen molar-refractivity contribution < 1.29 is 23.5 Å². The number of amides is 1. The van der Waals surface area contributed by atoms with Crippen molar-refractivity contribution in [1.82, 2.24) is 9.88 Å². The molecule has 0 spiro atoms. The van der Waals surface area contributed by atoms with Gasteiger partial charge in [-0.3, -0.25) is 4.79 Å². The van der Waals surface area contributed by atoms with E-state index in [1.807, 2.05) is 38.1 Å². The molecule has 2 aromatic carbocycles. The van der Waals surface area contributed by atoms with E-state index in [0.29, 0.717) is 18.8 Å². The first kappa shape index (κ1) is 24.0. The maximum atomic E-state index is 13.3. The zero-order chi connectivity index (χ0) is 24.0. The normalized spacial score (nSPS) is 10.7. The lowest BCUT2D eigenvalue weighted by Crippen LogP contribution is -2.31. The van der Waals surface area contributed by atoms with Crippen LogP contribution in [0, 0.1) is 19.7 Å². The van der Waals surface area contributed by atoms with E-state index in [9.17, 15) is 14.0 Å². The van der Waals surface area contributed by atoms with Gasteiger partial charge in [-0.25, -0.2) is 9.18 Å². The topological polar surface area (TPSA) is 71.6 Å². The number of carbonyl (C=O) groups is 2. The fraction of sp³-hybridized carbons (Fsp3) is 0.308. The number of nitrogens with one attached hydrogen (secondary N) is 1. The van der Waals surface area contributed by atoms with Crippen molar-refractivity contribution >= 4 is 11.9 Å². The molecule has 0 fully saturated rings. The van der Waals surface area contributed by atoms with Crippen molar-refractivity contribution in [3.63, 3.8) is 0 Å². The summed E-state index contributed by atoms with van der Waals surface area (Å²) in [6, 6.07) is 13.5. The number of nitrogens with zero attached hydrogens (tertiary/aromatic N) is 1. The fourth-order valence-electron chi connectivity index (χ4n) is 3.70. The molecule has 0 atom stereocenters. The Kier molecular flexibility index (Phi) is 7.87. The molecule has 0 bridgehead atoms. The average molecular weight is 453 g/mol. The fourth-order valence-corrected chi connectivity index (χ4v) is 3.70. The number of esters is 1. The van der Waals surface area contributed by atoms with Crippen molar-refractivity contribution in [3.05, 3.63) is 88.0 Å². The van der Waals surface area contributed by atoms with Crippen LogP contribution in [0.1, 0.15) is 45.4 Å². The van der Waals surface area contributed by atoms with Gasteiger partial charge in [0.25, 0.3) is 0 Å². The second-order valence-corrected chi connectivity index (χ2v) is 7.85. The van der Waals surface area contributed by atoms with Gasteiger partial charge >= 0.3 is 5.97 Å². The molecule has 1 heterocycles. The van der Waals surface area contributed by atoms with E-state index in [2.05, 4.69) is 4.98 Å². The Morgan fingerprint density at radius 2 is 1.61 bits per heavy atom. The number of ether oxygens (including phenoxy) is 2. The first-order valence-electron chi connectivity index (χ1n) is 10.8. The Hall–Kier alpha value is -3.61. The van der Waals surface area contributed by atoms with Crippen LogP contribution in [0.2, 0.25) is 0 Å². The van der Waals surface area contributed by atoms with E-state index >= 15 is 0 Å². The molecule has 0 unspecified atom stereocenters. The molecule has 0 saturated heterocycles. The molecule has 33 heavy (non-hydrogen) atoms. The van der Waals surface area contributed by atoms with Gasteiger partial charge in [-0.05, 0) is 67.3 Å². The summed E-state index contributed by atoms with van der Waals surface area (Å²) < 4.78 is 23.6. The van der Waals surface area contributed by atoms with E-state index in [1.165, 1.54) is 12.1 Å². The van der Waals surface area contributed by atoms with Gasteiger partial charge in [-0.1, -0.05) is 24.3 Å². The lowest BCUT2D eigenvalue weighted by molar-refractivity contribution is -0.131. The van der Waals surface area contributed by atoms with Crippen LogP contribution in [0.5, 0.6) is 5.75 Å². The summed E-state index contributed by atoms with van der Waals surface area (Å²) in [5, 5.41) is 0. The highest BCUT2D eigenvalue weighted by Gasteiger charge is 2.22. The summed E-state index contributed by atoms with van der Waals surface area (Å²) in [6.07, 6.45) is 0.143. The number of rotatable bonds is 9. The summed E-state index contributed by atoms with van der Waals surface area (Å²) in [5.74, 6) is -0.121. The minimum absolute atomic E-state index is 0.102. The molecule has 6 nitrogen and oxygen atoms in total. The third-order valence-electron chi connectivity index (χ3n) is 5.58. The minimum Gasteiger partial charge on any atom is -0.497 e. The van der Waals surface area contributed by atoms with Crippen molar-refractivity contribution in [1.29, 1.82) is 0 Å². The molecule has 1 amide bonds. The molecule has 3 aromatic rings. The molecule has 1 N–H and O–H groups in total. The predicted octanol–water partition coefficient (Wildman–Crippen LogP) is 4.73. The quantitative estimate of drug-likeness (QED) is 0.477. The molecule has 0 saturated carbocycles. The minimum atomic E-state index is -0.413. The summed E-state index contributed by atoms with van der Waals surface area (Å²) >= 11 is 0. The van der Waals surface area contributed by atoms with Gasteiger partial charge in [0, 0.05) is 18.8 Å². The number of carbonyl (C=O) groups excluding carboxylic acids is 2. The van der Waals surface area contributed by atoms with E-state index in [1.54, 1.807) is 31.1 Å². The molecule has 0 radical (unpaired) electrons. The largest absolute Gasteiger partial charge is 0.497 e. The number of methoxy groups -OCH3 is 1. The van der Waals surface area contributed by atoms with Crippen molar-refractivity contribution in [2.45, 2.75) is 40.3 Å². The van der Waals surface area contributed by atoms with E-state index < -0.39 is 5.97 Å². The van der Waals surface area contributed by atoms with E-state index in [-0.39, 0.29) is 24.8 Å². The van der Waals surface area contributed by atoms with Crippen LogP contribution < -0.4 is 4.74 Å². The molecule has 3 rings (SSSR count). The van der Waals surface area contributed by atoms with E-state index in [0.717, 1.165) is 33.7 Å². The molecule has 174 valence electrons. The molecule has 7 heteroatoms. The zero-order valence-corrected chi connectivity index (χ0v) is 19.4. The van der Waals surface area contributed by atoms with Gasteiger partial charge in [-0.2, -0.15) is 0 Å². The van der Waals surface area contributed by atoms with Crippen LogP contribution in [0.3, 0.4) is 0 Å². The Morgan fingerprint density at radius 3 is 2.21 bits per heavy atom. The van der Waals surface area contributed by atoms with Gasteiger partial charge in [0.2, 0.25) is 5.91 Å². The second-order valence-electron chi connectivity index (χ2n) is 7.85. The number of benzene rings is 2. The highest BCUT2D eigenvalue weighted by Crippen LogP contribution is 2.23. The monoisotopic (exact) mass is 452 g/mol. The lowest BCUT2D eigenvalue weighted by Gasteiger charge is -2.24. The van der Waals surface area contributed by atoms with Crippen molar-refractivity contribution in [3.8, 4) is 5.75 Å². The maximum Gasteiger partial charge on any atom is 0.355 e. The number of aromatic nitrogens is 1. The number of hydrogen-bond donors (Lipinski definition) is 1. The summed E-state index contributed by atoms with van der Waals surface area (Å²) in [4.78, 5) is 30.4. The third kappa shape index (κ3) is 6.00. The van der Waals surface area contributed by atoms with Crippen molar-refractivity contribution in [2.24, 2.45) is 0 Å². The van der Waals surface area contributed by atoms with Crippen molar-refractivity contribution in [2.75, 3.05) is 13.7 Å². The van der Waals surface area contributed by atoms with Gasteiger partial charge in [0.1, 0.15) is 17.3 Å². The summed E-state index contributed by atoms with van der Waals surface area (Å²) in [7, 11) is 1.60. The van der Waals surface area contributed by atoms with Gasteiger partial charge < -0.3 is 19.4 Å². The van der Waals surface area contributed by atoms with Crippen LogP contribution in [0.25, 0.3) is 0 Å². The van der Waals surface area contributed by atoms with Gasteiger partial charge in [0.15, 0.2) is 0 Å². The Labute approximate surface area is 193 Å². The number of hydrogen-bond acceptors (Lipinski definition) is 4. The third-order valence-corrected chi connectivity index (χ3v) is 5.58. The highest BCUT2D eigenvalue weighted by molar-refractivity contribution is 5.90. The van der Waals surface area contributed by atoms with Crippen LogP contribution in [-0.4, -0.2) is 35.5 Å². The standard InChI is InChI=1S/C26H29FN2O4/c1-5-33-26(31)25-17(2)23(18(3)28-25)16-29(15-20-8-12-22(32-4)13-9-20)24(30)14-19-6-10-21(27)11-7-19/h6-13,28H,5,14-16H2,1-4H3. The first-order valence-corrected chi connectivity index (χ1v) is 10.8. The predicted molar refractivity (Wildman–Crippen MR) is 124 cm³/mol. The van der Waals surface area contributed by atoms with Crippen LogP contribution >= 0.6 is 0 Å². The van der Waals surface area contributed by atoms with Crippen LogP contribution in [-0.2, 0) is 29.0 Å². The second kappa shape index (κ2) is 10.8. The molecule has 0 aliphatic heterocycles. The zero-order valence-electron chi connectivity index (χ0n) is 19.4. The smallest absolute Gasteiger partial charge is 0.355 e. The number of aryl methyl sites for hydroxylation is 1. The molecule has 0 aliphatic rings. The average Bonchev–Trinajstić information content (AvgIpc) is 3.09. The maximum absolute atomic E-state index is 13.3. The molecular weight excluding hydrogens is 423 g/mol. The Morgan fingerprint density at radius 1 is 0.970 bits per heavy atom. The summed E-state index contributed by atoms with van der Waals surface area (Å²) in [6.45, 7) is 6.46. The molecule has 0 aliphatic carbocycles. The first-order chi connectivity index (χ1) is 15.8.